The average molecular weight is 389 g/mol. The number of benzene rings is 3. The van der Waals surface area contributed by atoms with Gasteiger partial charge in [0.1, 0.15) is 17.3 Å². The topological polar surface area (TPSA) is 12.4 Å². The Hall–Kier alpha value is -3.12. The Kier molecular flexibility index (Phi) is 6.45. The van der Waals surface area contributed by atoms with Gasteiger partial charge < -0.3 is 0 Å². The van der Waals surface area contributed by atoms with Crippen LogP contribution in [-0.4, -0.2) is 5.16 Å². The van der Waals surface area contributed by atoms with E-state index in [4.69, 9.17) is 0 Å². The molecule has 28 heavy (non-hydrogen) atoms. The number of hydrogen-bond acceptors (Lipinski definition) is 2. The van der Waals surface area contributed by atoms with Crippen molar-refractivity contribution in [1.82, 2.24) is 0 Å². The van der Waals surface area contributed by atoms with E-state index in [9.17, 15) is 8.78 Å². The third-order valence-electron chi connectivity index (χ3n) is 4.24. The van der Waals surface area contributed by atoms with Gasteiger partial charge in [-0.25, -0.2) is 8.78 Å². The Morgan fingerprint density at radius 1 is 0.857 bits per heavy atom. The molecule has 0 N–H and O–H groups in total. The fourth-order valence-corrected chi connectivity index (χ4v) is 2.91. The number of aryl methyl sites for hydroxylation is 1. The summed E-state index contributed by atoms with van der Waals surface area (Å²) in [6, 6.07) is 17.3. The van der Waals surface area contributed by atoms with Crippen molar-refractivity contribution < 1.29 is 8.78 Å². The van der Waals surface area contributed by atoms with E-state index in [1.165, 1.54) is 5.56 Å². The maximum atomic E-state index is 14.3. The molecule has 3 aromatic rings. The summed E-state index contributed by atoms with van der Waals surface area (Å²) in [5.74, 6) is 4.99. The molecule has 0 amide bonds. The van der Waals surface area contributed by atoms with Gasteiger partial charge in [0, 0.05) is 22.8 Å². The number of aliphatic imine (C=N–C) groups is 1. The minimum absolute atomic E-state index is 0.159. The second-order valence-electron chi connectivity index (χ2n) is 6.26. The minimum atomic E-state index is -0.649. The first-order valence-electron chi connectivity index (χ1n) is 8.89. The van der Waals surface area contributed by atoms with Gasteiger partial charge in [-0.2, -0.15) is 4.99 Å². The van der Waals surface area contributed by atoms with E-state index >= 15 is 0 Å². The van der Waals surface area contributed by atoms with Crippen LogP contribution in [0, 0.1) is 23.5 Å². The van der Waals surface area contributed by atoms with Gasteiger partial charge in [0.05, 0.1) is 5.16 Å². The molecule has 3 rings (SSSR count). The van der Waals surface area contributed by atoms with E-state index in [-0.39, 0.29) is 11.3 Å². The molecule has 0 aliphatic heterocycles. The zero-order valence-corrected chi connectivity index (χ0v) is 16.1. The average Bonchev–Trinajstić information content (AvgIpc) is 2.71. The third-order valence-corrected chi connectivity index (χ3v) is 4.33. The predicted molar refractivity (Wildman–Crippen MR) is 113 cm³/mol. The lowest BCUT2D eigenvalue weighted by Crippen LogP contribution is -1.88. The standard InChI is InChI=1S/C24H17F2NS/c1-2-3-17-4-6-18(7-5-17)8-9-19-10-12-20(13-11-19)21-14-23(26)24(27-16-28)15-22(21)25/h4-7,10-15H,2-3H2,1H3. The van der Waals surface area contributed by atoms with Crippen LogP contribution in [0.15, 0.2) is 65.7 Å². The summed E-state index contributed by atoms with van der Waals surface area (Å²) in [5.41, 5.74) is 3.59. The summed E-state index contributed by atoms with van der Waals surface area (Å²) in [4.78, 5) is 3.52. The van der Waals surface area contributed by atoms with Gasteiger partial charge >= 0.3 is 0 Å². The summed E-state index contributed by atoms with van der Waals surface area (Å²) in [5, 5.41) is 2.04. The summed E-state index contributed by atoms with van der Waals surface area (Å²) in [6.07, 6.45) is 2.18. The van der Waals surface area contributed by atoms with Gasteiger partial charge in [-0.15, -0.1) is 0 Å². The lowest BCUT2D eigenvalue weighted by molar-refractivity contribution is 0.605. The van der Waals surface area contributed by atoms with Gasteiger partial charge in [0.25, 0.3) is 0 Å². The Morgan fingerprint density at radius 3 is 2.04 bits per heavy atom. The lowest BCUT2D eigenvalue weighted by atomic mass is 10.0. The van der Waals surface area contributed by atoms with Gasteiger partial charge in [0.2, 0.25) is 0 Å². The summed E-state index contributed by atoms with van der Waals surface area (Å²) in [7, 11) is 0. The Balaban J connectivity index is 1.81. The van der Waals surface area contributed by atoms with E-state index < -0.39 is 11.6 Å². The van der Waals surface area contributed by atoms with Gasteiger partial charge in [-0.1, -0.05) is 49.5 Å². The Bertz CT molecular complexity index is 1080. The molecule has 0 aromatic heterocycles. The van der Waals surface area contributed by atoms with E-state index in [2.05, 4.69) is 48.1 Å². The molecule has 4 heteroatoms. The van der Waals surface area contributed by atoms with E-state index in [0.29, 0.717) is 5.56 Å². The number of hydrogen-bond donors (Lipinski definition) is 0. The summed E-state index contributed by atoms with van der Waals surface area (Å²) >= 11 is 4.44. The van der Waals surface area contributed by atoms with Crippen molar-refractivity contribution in [3.8, 4) is 23.0 Å². The van der Waals surface area contributed by atoms with Crippen LogP contribution < -0.4 is 0 Å². The molecule has 0 radical (unpaired) electrons. The molecule has 0 saturated heterocycles. The maximum Gasteiger partial charge on any atom is 0.150 e. The third kappa shape index (κ3) is 4.78. The molecule has 3 aromatic carbocycles. The number of isothiocyanates is 1. The van der Waals surface area contributed by atoms with E-state index in [1.807, 2.05) is 17.3 Å². The fourth-order valence-electron chi connectivity index (χ4n) is 2.81. The van der Waals surface area contributed by atoms with Crippen LogP contribution in [0.2, 0.25) is 0 Å². The van der Waals surface area contributed by atoms with Crippen molar-refractivity contribution in [2.45, 2.75) is 19.8 Å². The van der Waals surface area contributed by atoms with Crippen molar-refractivity contribution in [3.63, 3.8) is 0 Å². The molecule has 0 heterocycles. The smallest absolute Gasteiger partial charge is 0.150 e. The number of nitrogens with zero attached hydrogens (tertiary/aromatic N) is 1. The molecule has 0 unspecified atom stereocenters. The number of halogens is 2. The van der Waals surface area contributed by atoms with Crippen molar-refractivity contribution in [2.24, 2.45) is 4.99 Å². The van der Waals surface area contributed by atoms with Gasteiger partial charge in [-0.05, 0) is 60.1 Å². The first-order chi connectivity index (χ1) is 13.6. The highest BCUT2D eigenvalue weighted by Crippen LogP contribution is 2.29. The van der Waals surface area contributed by atoms with Crippen LogP contribution in [0.4, 0.5) is 14.5 Å². The zero-order valence-electron chi connectivity index (χ0n) is 15.3. The van der Waals surface area contributed by atoms with E-state index in [1.54, 1.807) is 24.3 Å². The minimum Gasteiger partial charge on any atom is -0.206 e. The van der Waals surface area contributed by atoms with Crippen LogP contribution >= 0.6 is 12.2 Å². The van der Waals surface area contributed by atoms with Gasteiger partial charge in [0.15, 0.2) is 0 Å². The molecule has 0 aliphatic rings. The largest absolute Gasteiger partial charge is 0.206 e. The molecule has 1 nitrogen and oxygen atoms in total. The van der Waals surface area contributed by atoms with Crippen molar-refractivity contribution in [2.75, 3.05) is 0 Å². The molecular weight excluding hydrogens is 372 g/mol. The van der Waals surface area contributed by atoms with Gasteiger partial charge in [-0.3, -0.25) is 0 Å². The second-order valence-corrected chi connectivity index (χ2v) is 6.44. The number of rotatable bonds is 4. The van der Waals surface area contributed by atoms with Crippen molar-refractivity contribution >= 4 is 23.1 Å². The van der Waals surface area contributed by atoms with Crippen LogP contribution in [0.3, 0.4) is 0 Å². The maximum absolute atomic E-state index is 14.3. The SMILES string of the molecule is CCCc1ccc(C#Cc2ccc(-c3cc(F)c(N=C=S)cc3F)cc2)cc1. The highest BCUT2D eigenvalue weighted by atomic mass is 32.1. The number of thiocarbonyl (C=S) groups is 1. The van der Waals surface area contributed by atoms with E-state index in [0.717, 1.165) is 36.1 Å². The first-order valence-corrected chi connectivity index (χ1v) is 9.30. The second kappa shape index (κ2) is 9.19. The Morgan fingerprint density at radius 2 is 1.46 bits per heavy atom. The zero-order chi connectivity index (χ0) is 19.9. The first kappa shape index (κ1) is 19.6. The molecule has 0 saturated carbocycles. The molecule has 0 spiro atoms. The highest BCUT2D eigenvalue weighted by molar-refractivity contribution is 7.78. The predicted octanol–water partition coefficient (Wildman–Crippen LogP) is 6.72. The van der Waals surface area contributed by atoms with Crippen LogP contribution in [-0.2, 0) is 6.42 Å². The quantitative estimate of drug-likeness (QED) is 0.274. The molecule has 0 fully saturated rings. The summed E-state index contributed by atoms with van der Waals surface area (Å²) in [6.45, 7) is 2.15. The molecular formula is C24H17F2NS. The van der Waals surface area contributed by atoms with Crippen molar-refractivity contribution in [3.05, 3.63) is 89.0 Å². The summed E-state index contributed by atoms with van der Waals surface area (Å²) < 4.78 is 28.3. The highest BCUT2D eigenvalue weighted by Gasteiger charge is 2.11. The van der Waals surface area contributed by atoms with Crippen LogP contribution in [0.5, 0.6) is 0 Å². The monoisotopic (exact) mass is 389 g/mol. The van der Waals surface area contributed by atoms with Crippen molar-refractivity contribution in [1.29, 1.82) is 0 Å². The lowest BCUT2D eigenvalue weighted by Gasteiger charge is -2.05. The van der Waals surface area contributed by atoms with Crippen LogP contribution in [0.25, 0.3) is 11.1 Å². The van der Waals surface area contributed by atoms with Crippen LogP contribution in [0.1, 0.15) is 30.0 Å². The molecule has 0 bridgehead atoms. The molecule has 0 atom stereocenters. The molecule has 138 valence electrons. The normalized spacial score (nSPS) is 9.96. The molecule has 0 aliphatic carbocycles. The Labute approximate surface area is 168 Å². The fraction of sp³-hybridized carbons (Fsp3) is 0.125.